The number of hydrogen-bond donors (Lipinski definition) is 2. The molecule has 3 N–H and O–H groups in total. The largest absolute Gasteiger partial charge is 0.328 e. The molecular formula is C14H24N4OS. The van der Waals surface area contributed by atoms with Crippen LogP contribution < -0.4 is 11.1 Å². The summed E-state index contributed by atoms with van der Waals surface area (Å²) >= 11 is 1.45. The highest BCUT2D eigenvalue weighted by atomic mass is 32.1. The topological polar surface area (TPSA) is 71.2 Å². The van der Waals surface area contributed by atoms with Crippen LogP contribution in [-0.4, -0.2) is 41.0 Å². The summed E-state index contributed by atoms with van der Waals surface area (Å²) in [7, 11) is 0. The second-order valence-electron chi connectivity index (χ2n) is 5.42. The Morgan fingerprint density at radius 3 is 2.85 bits per heavy atom. The molecule has 0 saturated heterocycles. The summed E-state index contributed by atoms with van der Waals surface area (Å²) in [6.07, 6.45) is 7.11. The lowest BCUT2D eigenvalue weighted by atomic mass is 9.90. The molecule has 6 heteroatoms. The SMILES string of the molecule is CCCN(CC(=O)Nc1nccs1)C1CCC(N)CC1. The van der Waals surface area contributed by atoms with Crippen molar-refractivity contribution < 1.29 is 4.79 Å². The van der Waals surface area contributed by atoms with Crippen molar-refractivity contribution in [3.63, 3.8) is 0 Å². The van der Waals surface area contributed by atoms with E-state index in [-0.39, 0.29) is 5.91 Å². The number of carbonyl (C=O) groups excluding carboxylic acids is 1. The number of carbonyl (C=O) groups is 1. The van der Waals surface area contributed by atoms with Gasteiger partial charge in [0.05, 0.1) is 6.54 Å². The number of thiazole rings is 1. The average molecular weight is 296 g/mol. The maximum atomic E-state index is 12.1. The molecule has 112 valence electrons. The smallest absolute Gasteiger partial charge is 0.240 e. The first kappa shape index (κ1) is 15.4. The molecular weight excluding hydrogens is 272 g/mol. The average Bonchev–Trinajstić information content (AvgIpc) is 2.92. The number of nitrogens with zero attached hydrogens (tertiary/aromatic N) is 2. The minimum Gasteiger partial charge on any atom is -0.328 e. The molecule has 1 fully saturated rings. The van der Waals surface area contributed by atoms with Crippen LogP contribution in [0.3, 0.4) is 0 Å². The molecule has 0 aromatic carbocycles. The lowest BCUT2D eigenvalue weighted by molar-refractivity contribution is -0.118. The summed E-state index contributed by atoms with van der Waals surface area (Å²) in [5, 5.41) is 5.40. The van der Waals surface area contributed by atoms with Gasteiger partial charge in [0.15, 0.2) is 5.13 Å². The fourth-order valence-corrected chi connectivity index (χ4v) is 3.32. The molecule has 0 radical (unpaired) electrons. The summed E-state index contributed by atoms with van der Waals surface area (Å²) in [4.78, 5) is 18.5. The predicted octanol–water partition coefficient (Wildman–Crippen LogP) is 2.06. The van der Waals surface area contributed by atoms with E-state index in [1.165, 1.54) is 11.3 Å². The van der Waals surface area contributed by atoms with Gasteiger partial charge in [0.1, 0.15) is 0 Å². The van der Waals surface area contributed by atoms with Gasteiger partial charge in [-0.25, -0.2) is 4.98 Å². The molecule has 1 aromatic rings. The third-order valence-electron chi connectivity index (χ3n) is 3.79. The van der Waals surface area contributed by atoms with Crippen LogP contribution in [0.25, 0.3) is 0 Å². The molecule has 0 unspecified atom stereocenters. The molecule has 20 heavy (non-hydrogen) atoms. The van der Waals surface area contributed by atoms with Gasteiger partial charge in [0.2, 0.25) is 5.91 Å². The molecule has 1 aliphatic rings. The summed E-state index contributed by atoms with van der Waals surface area (Å²) < 4.78 is 0. The second kappa shape index (κ2) is 7.71. The van der Waals surface area contributed by atoms with Crippen LogP contribution in [0.15, 0.2) is 11.6 Å². The molecule has 0 atom stereocenters. The second-order valence-corrected chi connectivity index (χ2v) is 6.32. The minimum absolute atomic E-state index is 0.0308. The van der Waals surface area contributed by atoms with Gasteiger partial charge in [0.25, 0.3) is 0 Å². The van der Waals surface area contributed by atoms with Gasteiger partial charge < -0.3 is 11.1 Å². The Morgan fingerprint density at radius 1 is 1.50 bits per heavy atom. The monoisotopic (exact) mass is 296 g/mol. The van der Waals surface area contributed by atoms with Crippen molar-refractivity contribution in [3.8, 4) is 0 Å². The molecule has 1 aromatic heterocycles. The van der Waals surface area contributed by atoms with Crippen molar-refractivity contribution in [2.75, 3.05) is 18.4 Å². The molecule has 0 bridgehead atoms. The lowest BCUT2D eigenvalue weighted by Crippen LogP contribution is -2.44. The van der Waals surface area contributed by atoms with Crippen LogP contribution >= 0.6 is 11.3 Å². The first-order valence-electron chi connectivity index (χ1n) is 7.38. The van der Waals surface area contributed by atoms with E-state index < -0.39 is 0 Å². The minimum atomic E-state index is 0.0308. The van der Waals surface area contributed by atoms with Crippen LogP contribution in [0.1, 0.15) is 39.0 Å². The number of nitrogens with one attached hydrogen (secondary N) is 1. The highest BCUT2D eigenvalue weighted by Crippen LogP contribution is 2.22. The fraction of sp³-hybridized carbons (Fsp3) is 0.714. The zero-order valence-electron chi connectivity index (χ0n) is 12.0. The highest BCUT2D eigenvalue weighted by molar-refractivity contribution is 7.13. The Morgan fingerprint density at radius 2 is 2.25 bits per heavy atom. The Labute approximate surface area is 124 Å². The Balaban J connectivity index is 1.86. The van der Waals surface area contributed by atoms with Crippen LogP contribution in [0.4, 0.5) is 5.13 Å². The van der Waals surface area contributed by atoms with E-state index in [0.29, 0.717) is 23.8 Å². The molecule has 1 heterocycles. The van der Waals surface area contributed by atoms with E-state index in [0.717, 1.165) is 38.6 Å². The maximum Gasteiger partial charge on any atom is 0.240 e. The number of nitrogens with two attached hydrogens (primary N) is 1. The van der Waals surface area contributed by atoms with E-state index in [1.807, 2.05) is 5.38 Å². The first-order valence-corrected chi connectivity index (χ1v) is 8.26. The predicted molar refractivity (Wildman–Crippen MR) is 82.8 cm³/mol. The Kier molecular flexibility index (Phi) is 5.94. The van der Waals surface area contributed by atoms with Crippen molar-refractivity contribution in [3.05, 3.63) is 11.6 Å². The summed E-state index contributed by atoms with van der Waals surface area (Å²) in [6, 6.07) is 0.843. The van der Waals surface area contributed by atoms with Gasteiger partial charge >= 0.3 is 0 Å². The molecule has 0 aliphatic heterocycles. The van der Waals surface area contributed by atoms with Gasteiger partial charge in [-0.3, -0.25) is 9.69 Å². The van der Waals surface area contributed by atoms with Crippen LogP contribution in [0, 0.1) is 0 Å². The number of amides is 1. The molecule has 1 aliphatic carbocycles. The van der Waals surface area contributed by atoms with Gasteiger partial charge in [-0.05, 0) is 38.6 Å². The van der Waals surface area contributed by atoms with Crippen molar-refractivity contribution in [1.82, 2.24) is 9.88 Å². The van der Waals surface area contributed by atoms with Crippen LogP contribution in [0.5, 0.6) is 0 Å². The maximum absolute atomic E-state index is 12.1. The van der Waals surface area contributed by atoms with E-state index >= 15 is 0 Å². The normalized spacial score (nSPS) is 22.9. The van der Waals surface area contributed by atoms with E-state index in [4.69, 9.17) is 5.73 Å². The van der Waals surface area contributed by atoms with Crippen molar-refractivity contribution in [1.29, 1.82) is 0 Å². The van der Waals surface area contributed by atoms with Gasteiger partial charge in [-0.2, -0.15) is 0 Å². The van der Waals surface area contributed by atoms with Crippen LogP contribution in [-0.2, 0) is 4.79 Å². The van der Waals surface area contributed by atoms with Gasteiger partial charge in [-0.1, -0.05) is 6.92 Å². The number of hydrogen-bond acceptors (Lipinski definition) is 5. The third kappa shape index (κ3) is 4.54. The molecule has 5 nitrogen and oxygen atoms in total. The summed E-state index contributed by atoms with van der Waals surface area (Å²) in [6.45, 7) is 3.57. The van der Waals surface area contributed by atoms with Crippen LogP contribution in [0.2, 0.25) is 0 Å². The quantitative estimate of drug-likeness (QED) is 0.843. The fourth-order valence-electron chi connectivity index (χ4n) is 2.77. The van der Waals surface area contributed by atoms with E-state index in [9.17, 15) is 4.79 Å². The van der Waals surface area contributed by atoms with Crippen molar-refractivity contribution in [2.24, 2.45) is 5.73 Å². The van der Waals surface area contributed by atoms with E-state index in [1.54, 1.807) is 6.20 Å². The highest BCUT2D eigenvalue weighted by Gasteiger charge is 2.25. The summed E-state index contributed by atoms with van der Waals surface area (Å²) in [5.74, 6) is 0.0308. The standard InChI is InChI=1S/C14H24N4OS/c1-2-8-18(12-5-3-11(15)4-6-12)10-13(19)17-14-16-7-9-20-14/h7,9,11-12H,2-6,8,10,15H2,1H3,(H,16,17,19). The zero-order valence-corrected chi connectivity index (χ0v) is 12.9. The van der Waals surface area contributed by atoms with E-state index in [2.05, 4.69) is 22.1 Å². The summed E-state index contributed by atoms with van der Waals surface area (Å²) in [5.41, 5.74) is 5.96. The number of aromatic nitrogens is 1. The Hall–Kier alpha value is -0.980. The lowest BCUT2D eigenvalue weighted by Gasteiger charge is -2.35. The van der Waals surface area contributed by atoms with Gasteiger partial charge in [-0.15, -0.1) is 11.3 Å². The Bertz CT molecular complexity index is 401. The number of anilines is 1. The molecule has 1 saturated carbocycles. The molecule has 1 amide bonds. The zero-order chi connectivity index (χ0) is 14.4. The molecule has 2 rings (SSSR count). The van der Waals surface area contributed by atoms with Crippen molar-refractivity contribution >= 4 is 22.4 Å². The number of rotatable bonds is 6. The van der Waals surface area contributed by atoms with Gasteiger partial charge in [0, 0.05) is 23.7 Å². The van der Waals surface area contributed by atoms with Crippen molar-refractivity contribution in [2.45, 2.75) is 51.1 Å². The third-order valence-corrected chi connectivity index (χ3v) is 4.48. The first-order chi connectivity index (χ1) is 9.69. The molecule has 0 spiro atoms.